The highest BCUT2D eigenvalue weighted by Gasteiger charge is 2.24. The van der Waals surface area contributed by atoms with Gasteiger partial charge >= 0.3 is 0 Å². The summed E-state index contributed by atoms with van der Waals surface area (Å²) in [6.07, 6.45) is 1.60. The van der Waals surface area contributed by atoms with Gasteiger partial charge in [-0.3, -0.25) is 4.79 Å². The SMILES string of the molecule is O=C(NN=Cc1cccs1)c1ccccc1N1CCS(=O)(=O)CC1. The summed E-state index contributed by atoms with van der Waals surface area (Å²) in [6, 6.07) is 11.0. The number of anilines is 1. The molecule has 2 aromatic rings. The predicted octanol–water partition coefficient (Wildman–Crippen LogP) is 1.75. The third kappa shape index (κ3) is 4.01. The second-order valence-electron chi connectivity index (χ2n) is 5.37. The maximum absolute atomic E-state index is 12.4. The van der Waals surface area contributed by atoms with Gasteiger partial charge in [0.05, 0.1) is 23.3 Å². The van der Waals surface area contributed by atoms with Crippen molar-refractivity contribution < 1.29 is 13.2 Å². The monoisotopic (exact) mass is 363 g/mol. The van der Waals surface area contributed by atoms with Gasteiger partial charge in [-0.2, -0.15) is 5.10 Å². The molecule has 6 nitrogen and oxygen atoms in total. The van der Waals surface area contributed by atoms with Gasteiger partial charge in [-0.25, -0.2) is 13.8 Å². The molecule has 1 aliphatic heterocycles. The Hall–Kier alpha value is -2.19. The maximum atomic E-state index is 12.4. The molecule has 1 fully saturated rings. The molecule has 0 radical (unpaired) electrons. The Morgan fingerprint density at radius 3 is 2.62 bits per heavy atom. The minimum Gasteiger partial charge on any atom is -0.369 e. The fraction of sp³-hybridized carbons (Fsp3) is 0.250. The molecule has 0 spiro atoms. The molecule has 126 valence electrons. The summed E-state index contributed by atoms with van der Waals surface area (Å²) in [6.45, 7) is 0.788. The first kappa shape index (κ1) is 16.7. The van der Waals surface area contributed by atoms with Crippen LogP contribution in [0.25, 0.3) is 0 Å². The topological polar surface area (TPSA) is 78.8 Å². The van der Waals surface area contributed by atoms with Crippen LogP contribution in [0.3, 0.4) is 0 Å². The number of sulfone groups is 1. The van der Waals surface area contributed by atoms with Crippen LogP contribution in [0.4, 0.5) is 5.69 Å². The zero-order valence-electron chi connectivity index (χ0n) is 12.9. The first-order valence-electron chi connectivity index (χ1n) is 7.46. The lowest BCUT2D eigenvalue weighted by Crippen LogP contribution is -2.41. The molecule has 0 atom stereocenters. The van der Waals surface area contributed by atoms with Crippen LogP contribution in [-0.2, 0) is 9.84 Å². The quantitative estimate of drug-likeness (QED) is 0.663. The van der Waals surface area contributed by atoms with Crippen LogP contribution in [0.2, 0.25) is 0 Å². The molecule has 1 amide bonds. The number of nitrogens with one attached hydrogen (secondary N) is 1. The largest absolute Gasteiger partial charge is 0.369 e. The molecule has 1 aromatic heterocycles. The van der Waals surface area contributed by atoms with Crippen molar-refractivity contribution in [2.45, 2.75) is 0 Å². The second-order valence-corrected chi connectivity index (χ2v) is 8.65. The Balaban J connectivity index is 1.73. The van der Waals surface area contributed by atoms with Crippen molar-refractivity contribution in [3.8, 4) is 0 Å². The summed E-state index contributed by atoms with van der Waals surface area (Å²) in [5.74, 6) is -0.0919. The van der Waals surface area contributed by atoms with Crippen LogP contribution in [0.15, 0.2) is 46.9 Å². The predicted molar refractivity (Wildman–Crippen MR) is 96.7 cm³/mol. The van der Waals surface area contributed by atoms with Crippen LogP contribution in [0.1, 0.15) is 15.2 Å². The fourth-order valence-corrected chi connectivity index (χ4v) is 4.26. The molecule has 8 heteroatoms. The van der Waals surface area contributed by atoms with Crippen molar-refractivity contribution in [1.82, 2.24) is 5.43 Å². The van der Waals surface area contributed by atoms with E-state index in [2.05, 4.69) is 10.5 Å². The van der Waals surface area contributed by atoms with Crippen molar-refractivity contribution in [1.29, 1.82) is 0 Å². The number of hydrogen-bond acceptors (Lipinski definition) is 6. The molecule has 1 aliphatic rings. The third-order valence-electron chi connectivity index (χ3n) is 3.73. The number of carbonyl (C=O) groups excluding carboxylic acids is 1. The molecule has 1 saturated heterocycles. The number of amides is 1. The van der Waals surface area contributed by atoms with Crippen molar-refractivity contribution in [3.05, 3.63) is 52.2 Å². The van der Waals surface area contributed by atoms with Gasteiger partial charge in [0.1, 0.15) is 0 Å². The molecule has 0 unspecified atom stereocenters. The van der Waals surface area contributed by atoms with E-state index in [0.29, 0.717) is 18.7 Å². The molecule has 3 rings (SSSR count). The van der Waals surface area contributed by atoms with Gasteiger partial charge in [0.15, 0.2) is 9.84 Å². The Morgan fingerprint density at radius 2 is 1.92 bits per heavy atom. The average Bonchev–Trinajstić information content (AvgIpc) is 3.08. The summed E-state index contributed by atoms with van der Waals surface area (Å²) in [4.78, 5) is 15.3. The smallest absolute Gasteiger partial charge is 0.273 e. The van der Waals surface area contributed by atoms with Crippen LogP contribution < -0.4 is 10.3 Å². The highest BCUT2D eigenvalue weighted by molar-refractivity contribution is 7.91. The van der Waals surface area contributed by atoms with Crippen LogP contribution >= 0.6 is 11.3 Å². The van der Waals surface area contributed by atoms with E-state index in [9.17, 15) is 13.2 Å². The van der Waals surface area contributed by atoms with E-state index in [1.807, 2.05) is 34.5 Å². The number of rotatable bonds is 4. The van der Waals surface area contributed by atoms with Crippen molar-refractivity contribution in [2.75, 3.05) is 29.5 Å². The molecule has 1 N–H and O–H groups in total. The highest BCUT2D eigenvalue weighted by Crippen LogP contribution is 2.22. The van der Waals surface area contributed by atoms with E-state index in [1.165, 1.54) is 11.3 Å². The van der Waals surface area contributed by atoms with Crippen molar-refractivity contribution in [2.24, 2.45) is 5.10 Å². The van der Waals surface area contributed by atoms with Gasteiger partial charge in [0.25, 0.3) is 5.91 Å². The van der Waals surface area contributed by atoms with E-state index in [-0.39, 0.29) is 17.4 Å². The van der Waals surface area contributed by atoms with Crippen molar-refractivity contribution >= 4 is 39.0 Å². The van der Waals surface area contributed by atoms with E-state index in [4.69, 9.17) is 0 Å². The zero-order chi connectivity index (χ0) is 17.0. The number of hydrogen-bond donors (Lipinski definition) is 1. The number of hydrazone groups is 1. The van der Waals surface area contributed by atoms with E-state index < -0.39 is 9.84 Å². The first-order chi connectivity index (χ1) is 11.6. The first-order valence-corrected chi connectivity index (χ1v) is 10.2. The van der Waals surface area contributed by atoms with Gasteiger partial charge in [0, 0.05) is 23.7 Å². The van der Waals surface area contributed by atoms with Gasteiger partial charge in [-0.05, 0) is 23.6 Å². The average molecular weight is 363 g/mol. The summed E-state index contributed by atoms with van der Waals surface area (Å²) in [5, 5.41) is 5.90. The second kappa shape index (κ2) is 7.14. The Bertz CT molecular complexity index is 831. The molecule has 0 saturated carbocycles. The number of para-hydroxylation sites is 1. The summed E-state index contributed by atoms with van der Waals surface area (Å²) in [7, 11) is -2.96. The minimum atomic E-state index is -2.96. The molecule has 24 heavy (non-hydrogen) atoms. The fourth-order valence-electron chi connectivity index (χ4n) is 2.47. The summed E-state index contributed by atoms with van der Waals surface area (Å²) < 4.78 is 23.2. The Morgan fingerprint density at radius 1 is 1.17 bits per heavy atom. The van der Waals surface area contributed by atoms with Gasteiger partial charge in [-0.1, -0.05) is 18.2 Å². The lowest BCUT2D eigenvalue weighted by atomic mass is 10.1. The number of nitrogens with zero attached hydrogens (tertiary/aromatic N) is 2. The van der Waals surface area contributed by atoms with Gasteiger partial charge in [0.2, 0.25) is 0 Å². The normalized spacial score (nSPS) is 17.1. The number of carbonyl (C=O) groups is 1. The lowest BCUT2D eigenvalue weighted by molar-refractivity contribution is 0.0955. The van der Waals surface area contributed by atoms with Crippen LogP contribution in [0.5, 0.6) is 0 Å². The number of benzene rings is 1. The van der Waals surface area contributed by atoms with Crippen LogP contribution in [-0.4, -0.2) is 45.1 Å². The van der Waals surface area contributed by atoms with E-state index >= 15 is 0 Å². The van der Waals surface area contributed by atoms with E-state index in [0.717, 1.165) is 10.6 Å². The lowest BCUT2D eigenvalue weighted by Gasteiger charge is -2.30. The van der Waals surface area contributed by atoms with Gasteiger partial charge in [-0.15, -0.1) is 11.3 Å². The van der Waals surface area contributed by atoms with Crippen molar-refractivity contribution in [3.63, 3.8) is 0 Å². The third-order valence-corrected chi connectivity index (χ3v) is 6.15. The van der Waals surface area contributed by atoms with Crippen LogP contribution in [0, 0.1) is 0 Å². The Kier molecular flexibility index (Phi) is 4.96. The molecule has 0 bridgehead atoms. The van der Waals surface area contributed by atoms with Gasteiger partial charge < -0.3 is 4.90 Å². The molecule has 2 heterocycles. The highest BCUT2D eigenvalue weighted by atomic mass is 32.2. The molecular formula is C16H17N3O3S2. The standard InChI is InChI=1S/C16H17N3O3S2/c20-16(18-17-12-13-4-3-9-23-13)14-5-1-2-6-15(14)19-7-10-24(21,22)11-8-19/h1-6,9,12H,7-8,10-11H2,(H,18,20). The Labute approximate surface area is 144 Å². The number of thiophene rings is 1. The summed E-state index contributed by atoms with van der Waals surface area (Å²) in [5.41, 5.74) is 3.74. The maximum Gasteiger partial charge on any atom is 0.273 e. The minimum absolute atomic E-state index is 0.111. The molecule has 1 aromatic carbocycles. The molecule has 0 aliphatic carbocycles. The summed E-state index contributed by atoms with van der Waals surface area (Å²) >= 11 is 1.53. The van der Waals surface area contributed by atoms with E-state index in [1.54, 1.807) is 18.3 Å². The zero-order valence-corrected chi connectivity index (χ0v) is 14.5. The molecular weight excluding hydrogens is 346 g/mol.